The summed E-state index contributed by atoms with van der Waals surface area (Å²) in [6.07, 6.45) is 0. The zero-order valence-corrected chi connectivity index (χ0v) is 12.4. The predicted octanol–water partition coefficient (Wildman–Crippen LogP) is 1.99. The minimum absolute atomic E-state index is 0.0459. The lowest BCUT2D eigenvalue weighted by atomic mass is 9.96. The Morgan fingerprint density at radius 3 is 2.50 bits per heavy atom. The van der Waals surface area contributed by atoms with E-state index in [4.69, 9.17) is 5.73 Å². The number of piperazine rings is 1. The van der Waals surface area contributed by atoms with Gasteiger partial charge in [-0.05, 0) is 38.6 Å². The van der Waals surface area contributed by atoms with Crippen LogP contribution < -0.4 is 5.73 Å². The van der Waals surface area contributed by atoms with Crippen molar-refractivity contribution in [1.29, 1.82) is 0 Å². The normalized spacial score (nSPS) is 21.9. The molecule has 5 heteroatoms. The van der Waals surface area contributed by atoms with E-state index >= 15 is 0 Å². The number of hydrogen-bond donors (Lipinski definition) is 1. The molecule has 0 amide bonds. The molecular weight excluding hydrogens is 260 g/mol. The van der Waals surface area contributed by atoms with Crippen LogP contribution in [0.5, 0.6) is 0 Å². The maximum atomic E-state index is 13.4. The van der Waals surface area contributed by atoms with Gasteiger partial charge in [-0.25, -0.2) is 8.78 Å². The van der Waals surface area contributed by atoms with Crippen LogP contribution in [-0.4, -0.2) is 48.6 Å². The average Bonchev–Trinajstić information content (AvgIpc) is 2.38. The van der Waals surface area contributed by atoms with Crippen LogP contribution in [0.4, 0.5) is 8.78 Å². The molecular formula is C15H23F2N3. The van der Waals surface area contributed by atoms with Crippen LogP contribution in [-0.2, 0) is 0 Å². The van der Waals surface area contributed by atoms with Crippen LogP contribution in [0.15, 0.2) is 18.2 Å². The Bertz CT molecular complexity index is 476. The van der Waals surface area contributed by atoms with Gasteiger partial charge in [0, 0.05) is 37.8 Å². The highest BCUT2D eigenvalue weighted by Gasteiger charge is 2.34. The van der Waals surface area contributed by atoms with Gasteiger partial charge < -0.3 is 5.73 Å². The maximum Gasteiger partial charge on any atom is 0.159 e. The number of likely N-dealkylation sites (N-methyl/N-ethyl adjacent to an activating group) is 1. The molecule has 0 spiro atoms. The van der Waals surface area contributed by atoms with Crippen molar-refractivity contribution in [3.8, 4) is 0 Å². The number of hydrogen-bond acceptors (Lipinski definition) is 3. The second-order valence-electron chi connectivity index (χ2n) is 6.13. The van der Waals surface area contributed by atoms with Crippen molar-refractivity contribution in [2.45, 2.75) is 25.4 Å². The van der Waals surface area contributed by atoms with Crippen LogP contribution in [0.1, 0.15) is 25.5 Å². The van der Waals surface area contributed by atoms with Gasteiger partial charge in [0.05, 0.1) is 0 Å². The van der Waals surface area contributed by atoms with E-state index < -0.39 is 11.6 Å². The zero-order chi connectivity index (χ0) is 14.9. The fourth-order valence-electron chi connectivity index (χ4n) is 2.76. The number of halogens is 2. The van der Waals surface area contributed by atoms with Gasteiger partial charge in [-0.2, -0.15) is 0 Å². The Balaban J connectivity index is 2.22. The maximum absolute atomic E-state index is 13.4. The fraction of sp³-hybridized carbons (Fsp3) is 0.600. The summed E-state index contributed by atoms with van der Waals surface area (Å²) in [4.78, 5) is 4.56. The first kappa shape index (κ1) is 15.4. The van der Waals surface area contributed by atoms with Crippen molar-refractivity contribution in [3.63, 3.8) is 0 Å². The first-order valence-electron chi connectivity index (χ1n) is 6.95. The highest BCUT2D eigenvalue weighted by molar-refractivity contribution is 5.22. The Hall–Kier alpha value is -1.04. The van der Waals surface area contributed by atoms with Gasteiger partial charge in [-0.3, -0.25) is 9.80 Å². The SMILES string of the molecule is CN1CCN(C(CN)c2ccc(F)c(F)c2)CC1(C)C. The molecule has 0 saturated carbocycles. The molecule has 112 valence electrons. The first-order chi connectivity index (χ1) is 9.35. The molecule has 0 radical (unpaired) electrons. The van der Waals surface area contributed by atoms with Crippen LogP contribution in [0.25, 0.3) is 0 Å². The number of nitrogens with zero attached hydrogens (tertiary/aromatic N) is 2. The van der Waals surface area contributed by atoms with E-state index in [1.165, 1.54) is 12.1 Å². The van der Waals surface area contributed by atoms with Crippen LogP contribution in [0.3, 0.4) is 0 Å². The summed E-state index contributed by atoms with van der Waals surface area (Å²) < 4.78 is 26.5. The summed E-state index contributed by atoms with van der Waals surface area (Å²) >= 11 is 0. The third-order valence-electron chi connectivity index (χ3n) is 4.34. The molecule has 2 N–H and O–H groups in total. The molecule has 1 saturated heterocycles. The van der Waals surface area contributed by atoms with Gasteiger partial charge in [-0.15, -0.1) is 0 Å². The third kappa shape index (κ3) is 3.00. The quantitative estimate of drug-likeness (QED) is 0.921. The summed E-state index contributed by atoms with van der Waals surface area (Å²) in [5.74, 6) is -1.63. The summed E-state index contributed by atoms with van der Waals surface area (Å²) in [5, 5.41) is 0. The number of rotatable bonds is 3. The van der Waals surface area contributed by atoms with E-state index in [-0.39, 0.29) is 11.6 Å². The first-order valence-corrected chi connectivity index (χ1v) is 6.95. The minimum Gasteiger partial charge on any atom is -0.329 e. The lowest BCUT2D eigenvalue weighted by molar-refractivity contribution is 0.0179. The van der Waals surface area contributed by atoms with Gasteiger partial charge >= 0.3 is 0 Å². The molecule has 1 heterocycles. The minimum atomic E-state index is -0.816. The van der Waals surface area contributed by atoms with Crippen molar-refractivity contribution in [2.75, 3.05) is 33.2 Å². The van der Waals surface area contributed by atoms with Crippen molar-refractivity contribution in [3.05, 3.63) is 35.4 Å². The van der Waals surface area contributed by atoms with E-state index in [9.17, 15) is 8.78 Å². The molecule has 0 aliphatic carbocycles. The molecule has 1 fully saturated rings. The Morgan fingerprint density at radius 1 is 1.25 bits per heavy atom. The molecule has 1 unspecified atom stereocenters. The van der Waals surface area contributed by atoms with E-state index in [1.807, 2.05) is 0 Å². The average molecular weight is 283 g/mol. The highest BCUT2D eigenvalue weighted by Crippen LogP contribution is 2.27. The molecule has 0 bridgehead atoms. The lowest BCUT2D eigenvalue weighted by Crippen LogP contribution is -2.58. The monoisotopic (exact) mass is 283 g/mol. The third-order valence-corrected chi connectivity index (χ3v) is 4.34. The van der Waals surface area contributed by atoms with Crippen LogP contribution in [0.2, 0.25) is 0 Å². The topological polar surface area (TPSA) is 32.5 Å². The van der Waals surface area contributed by atoms with Gasteiger partial charge in [0.2, 0.25) is 0 Å². The van der Waals surface area contributed by atoms with Crippen molar-refractivity contribution in [2.24, 2.45) is 5.73 Å². The summed E-state index contributed by atoms with van der Waals surface area (Å²) in [5.41, 5.74) is 6.66. The zero-order valence-electron chi connectivity index (χ0n) is 12.4. The van der Waals surface area contributed by atoms with E-state index in [0.717, 1.165) is 25.2 Å². The molecule has 1 aromatic carbocycles. The fourth-order valence-corrected chi connectivity index (χ4v) is 2.76. The molecule has 0 aromatic heterocycles. The van der Waals surface area contributed by atoms with Crippen LogP contribution in [0, 0.1) is 11.6 Å². The van der Waals surface area contributed by atoms with Crippen LogP contribution >= 0.6 is 0 Å². The van der Waals surface area contributed by atoms with E-state index in [0.29, 0.717) is 6.54 Å². The lowest BCUT2D eigenvalue weighted by Gasteiger charge is -2.48. The second-order valence-corrected chi connectivity index (χ2v) is 6.13. The van der Waals surface area contributed by atoms with Crippen molar-refractivity contribution < 1.29 is 8.78 Å². The van der Waals surface area contributed by atoms with Gasteiger partial charge in [-0.1, -0.05) is 6.07 Å². The van der Waals surface area contributed by atoms with Crippen molar-refractivity contribution in [1.82, 2.24) is 9.80 Å². The molecule has 1 atom stereocenters. The number of nitrogens with two attached hydrogens (primary N) is 1. The van der Waals surface area contributed by atoms with Gasteiger partial charge in [0.25, 0.3) is 0 Å². The molecule has 20 heavy (non-hydrogen) atoms. The summed E-state index contributed by atoms with van der Waals surface area (Å²) in [7, 11) is 2.10. The van der Waals surface area contributed by atoms with E-state index in [1.54, 1.807) is 6.07 Å². The molecule has 1 aliphatic heterocycles. The standard InChI is InChI=1S/C15H23F2N3/c1-15(2)10-20(7-6-19(15)3)14(9-18)11-4-5-12(16)13(17)8-11/h4-5,8,14H,6-7,9-10,18H2,1-3H3. The van der Waals surface area contributed by atoms with Crippen molar-refractivity contribution >= 4 is 0 Å². The molecule has 1 aromatic rings. The molecule has 1 aliphatic rings. The number of benzene rings is 1. The summed E-state index contributed by atoms with van der Waals surface area (Å²) in [6, 6.07) is 3.99. The smallest absolute Gasteiger partial charge is 0.159 e. The highest BCUT2D eigenvalue weighted by atomic mass is 19.2. The molecule has 2 rings (SSSR count). The second kappa shape index (κ2) is 5.76. The Kier molecular flexibility index (Phi) is 4.42. The Labute approximate surface area is 119 Å². The van der Waals surface area contributed by atoms with Gasteiger partial charge in [0.1, 0.15) is 0 Å². The van der Waals surface area contributed by atoms with Gasteiger partial charge in [0.15, 0.2) is 11.6 Å². The predicted molar refractivity (Wildman–Crippen MR) is 76.4 cm³/mol. The largest absolute Gasteiger partial charge is 0.329 e. The summed E-state index contributed by atoms with van der Waals surface area (Å²) in [6.45, 7) is 7.42. The molecule has 3 nitrogen and oxygen atoms in total. The van der Waals surface area contributed by atoms with E-state index in [2.05, 4.69) is 30.7 Å². The Morgan fingerprint density at radius 2 is 1.95 bits per heavy atom.